The Hall–Kier alpha value is -2.80. The van der Waals surface area contributed by atoms with Crippen molar-refractivity contribution in [2.24, 2.45) is 0 Å². The third-order valence-electron chi connectivity index (χ3n) is 5.12. The highest BCUT2D eigenvalue weighted by Gasteiger charge is 2.25. The highest BCUT2D eigenvalue weighted by Crippen LogP contribution is 2.14. The summed E-state index contributed by atoms with van der Waals surface area (Å²) in [5, 5.41) is 4.37. The second-order valence-electron chi connectivity index (χ2n) is 7.18. The molecule has 0 aliphatic carbocycles. The van der Waals surface area contributed by atoms with Crippen LogP contribution < -0.4 is 0 Å². The summed E-state index contributed by atoms with van der Waals surface area (Å²) in [5.74, 6) is 0.589. The monoisotopic (exact) mass is 364 g/mol. The number of nitrogens with zero attached hydrogens (tertiary/aromatic N) is 6. The van der Waals surface area contributed by atoms with E-state index >= 15 is 0 Å². The summed E-state index contributed by atoms with van der Waals surface area (Å²) < 4.78 is 1.63. The number of benzene rings is 1. The Morgan fingerprint density at radius 2 is 1.78 bits per heavy atom. The second-order valence-corrected chi connectivity index (χ2v) is 7.18. The van der Waals surface area contributed by atoms with Gasteiger partial charge in [0.1, 0.15) is 0 Å². The van der Waals surface area contributed by atoms with Gasteiger partial charge in [0, 0.05) is 44.1 Å². The van der Waals surface area contributed by atoms with E-state index in [0.717, 1.165) is 31.0 Å². The van der Waals surface area contributed by atoms with E-state index in [1.807, 2.05) is 24.8 Å². The minimum absolute atomic E-state index is 0.118. The zero-order chi connectivity index (χ0) is 19.0. The van der Waals surface area contributed by atoms with E-state index in [9.17, 15) is 4.79 Å². The Kier molecular flexibility index (Phi) is 4.61. The largest absolute Gasteiger partial charge is 0.333 e. The van der Waals surface area contributed by atoms with Gasteiger partial charge in [0.2, 0.25) is 5.82 Å². The number of hydrogen-bond acceptors (Lipinski definition) is 5. The normalized spacial score (nSPS) is 15.4. The number of piperazine rings is 1. The van der Waals surface area contributed by atoms with Gasteiger partial charge >= 0.3 is 0 Å². The van der Waals surface area contributed by atoms with E-state index in [4.69, 9.17) is 0 Å². The molecule has 27 heavy (non-hydrogen) atoms. The first kappa shape index (κ1) is 17.6. The van der Waals surface area contributed by atoms with Crippen molar-refractivity contribution in [3.63, 3.8) is 0 Å². The van der Waals surface area contributed by atoms with Gasteiger partial charge in [0.15, 0.2) is 0 Å². The molecule has 1 fully saturated rings. The number of carbonyl (C=O) groups excluding carboxylic acids is 1. The van der Waals surface area contributed by atoms with Crippen molar-refractivity contribution >= 4 is 11.7 Å². The molecule has 1 amide bonds. The van der Waals surface area contributed by atoms with Crippen LogP contribution in [0.2, 0.25) is 0 Å². The van der Waals surface area contributed by atoms with Crippen molar-refractivity contribution in [3.8, 4) is 0 Å². The SMILES string of the molecule is Cc1cc(C)n2nc(C(=O)N3CCN(Cc4ccccc4C)CC3)nc2n1. The summed E-state index contributed by atoms with van der Waals surface area (Å²) >= 11 is 0. The summed E-state index contributed by atoms with van der Waals surface area (Å²) in [7, 11) is 0. The van der Waals surface area contributed by atoms with Crippen molar-refractivity contribution in [1.82, 2.24) is 29.4 Å². The Bertz CT molecular complexity index is 987. The summed E-state index contributed by atoms with van der Waals surface area (Å²) in [5.41, 5.74) is 4.45. The van der Waals surface area contributed by atoms with Crippen molar-refractivity contribution in [3.05, 3.63) is 58.7 Å². The maximum absolute atomic E-state index is 12.8. The molecule has 0 N–H and O–H groups in total. The van der Waals surface area contributed by atoms with Gasteiger partial charge in [-0.3, -0.25) is 9.69 Å². The van der Waals surface area contributed by atoms with Crippen LogP contribution in [0, 0.1) is 20.8 Å². The van der Waals surface area contributed by atoms with Crippen LogP contribution in [0.25, 0.3) is 5.78 Å². The zero-order valence-electron chi connectivity index (χ0n) is 16.0. The molecule has 0 unspecified atom stereocenters. The van der Waals surface area contributed by atoms with Crippen LogP contribution in [-0.4, -0.2) is 61.5 Å². The third-order valence-corrected chi connectivity index (χ3v) is 5.12. The van der Waals surface area contributed by atoms with Gasteiger partial charge in [-0.1, -0.05) is 24.3 Å². The van der Waals surface area contributed by atoms with E-state index in [1.165, 1.54) is 11.1 Å². The maximum Gasteiger partial charge on any atom is 0.293 e. The van der Waals surface area contributed by atoms with Gasteiger partial charge < -0.3 is 4.90 Å². The smallest absolute Gasteiger partial charge is 0.293 e. The van der Waals surface area contributed by atoms with E-state index in [2.05, 4.69) is 51.2 Å². The van der Waals surface area contributed by atoms with Crippen molar-refractivity contribution in [1.29, 1.82) is 0 Å². The van der Waals surface area contributed by atoms with Crippen LogP contribution >= 0.6 is 0 Å². The predicted molar refractivity (Wildman–Crippen MR) is 103 cm³/mol. The first-order valence-electron chi connectivity index (χ1n) is 9.28. The molecule has 140 valence electrons. The number of amides is 1. The molecule has 7 heteroatoms. The number of aromatic nitrogens is 4. The number of hydrogen-bond donors (Lipinski definition) is 0. The number of carbonyl (C=O) groups is 1. The van der Waals surface area contributed by atoms with Gasteiger partial charge in [0.25, 0.3) is 11.7 Å². The van der Waals surface area contributed by atoms with Gasteiger partial charge in [0.05, 0.1) is 0 Å². The fourth-order valence-electron chi connectivity index (χ4n) is 3.54. The number of fused-ring (bicyclic) bond motifs is 1. The van der Waals surface area contributed by atoms with Gasteiger partial charge in [-0.2, -0.15) is 4.98 Å². The molecule has 1 aliphatic rings. The fraction of sp³-hybridized carbons (Fsp3) is 0.400. The number of rotatable bonds is 3. The molecule has 2 aromatic heterocycles. The fourth-order valence-corrected chi connectivity index (χ4v) is 3.54. The molecule has 1 saturated heterocycles. The summed E-state index contributed by atoms with van der Waals surface area (Å²) in [6.45, 7) is 9.99. The van der Waals surface area contributed by atoms with Gasteiger partial charge in [-0.15, -0.1) is 5.10 Å². The van der Waals surface area contributed by atoms with Crippen LogP contribution in [-0.2, 0) is 6.54 Å². The molecule has 3 heterocycles. The number of aryl methyl sites for hydroxylation is 3. The Morgan fingerprint density at radius 3 is 2.52 bits per heavy atom. The molecule has 7 nitrogen and oxygen atoms in total. The molecule has 4 rings (SSSR count). The molecule has 0 atom stereocenters. The standard InChI is InChI=1S/C20H24N6O/c1-14-6-4-5-7-17(14)13-24-8-10-25(11-9-24)19(27)18-22-20-21-15(2)12-16(3)26(20)23-18/h4-7,12H,8-11,13H2,1-3H3. The van der Waals surface area contributed by atoms with E-state index < -0.39 is 0 Å². The molecule has 1 aliphatic heterocycles. The molecular weight excluding hydrogens is 340 g/mol. The van der Waals surface area contributed by atoms with E-state index in [-0.39, 0.29) is 11.7 Å². The third kappa shape index (κ3) is 3.55. The maximum atomic E-state index is 12.8. The highest BCUT2D eigenvalue weighted by atomic mass is 16.2. The minimum atomic E-state index is -0.118. The topological polar surface area (TPSA) is 66.6 Å². The average Bonchev–Trinajstić information content (AvgIpc) is 3.08. The predicted octanol–water partition coefficient (Wildman–Crippen LogP) is 2.01. The van der Waals surface area contributed by atoms with Crippen LogP contribution in [0.4, 0.5) is 0 Å². The lowest BCUT2D eigenvalue weighted by atomic mass is 10.1. The van der Waals surface area contributed by atoms with E-state index in [0.29, 0.717) is 18.9 Å². The lowest BCUT2D eigenvalue weighted by Gasteiger charge is -2.34. The molecular formula is C20H24N6O. The summed E-state index contributed by atoms with van der Waals surface area (Å²) in [4.78, 5) is 25.8. The van der Waals surface area contributed by atoms with Crippen molar-refractivity contribution in [2.75, 3.05) is 26.2 Å². The molecule has 0 saturated carbocycles. The summed E-state index contributed by atoms with van der Waals surface area (Å²) in [6.07, 6.45) is 0. The molecule has 0 spiro atoms. The average molecular weight is 364 g/mol. The van der Waals surface area contributed by atoms with Crippen LogP contribution in [0.1, 0.15) is 33.1 Å². The van der Waals surface area contributed by atoms with Gasteiger partial charge in [-0.25, -0.2) is 9.50 Å². The van der Waals surface area contributed by atoms with Crippen molar-refractivity contribution < 1.29 is 4.79 Å². The quantitative estimate of drug-likeness (QED) is 0.711. The highest BCUT2D eigenvalue weighted by molar-refractivity contribution is 5.91. The van der Waals surface area contributed by atoms with Crippen LogP contribution in [0.15, 0.2) is 30.3 Å². The minimum Gasteiger partial charge on any atom is -0.333 e. The Labute approximate surface area is 158 Å². The van der Waals surface area contributed by atoms with Crippen LogP contribution in [0.5, 0.6) is 0 Å². The molecule has 3 aromatic rings. The lowest BCUT2D eigenvalue weighted by Crippen LogP contribution is -2.48. The molecule has 0 bridgehead atoms. The zero-order valence-corrected chi connectivity index (χ0v) is 16.0. The molecule has 0 radical (unpaired) electrons. The van der Waals surface area contributed by atoms with E-state index in [1.54, 1.807) is 4.52 Å². The second kappa shape index (κ2) is 7.08. The Balaban J connectivity index is 1.43. The first-order valence-corrected chi connectivity index (χ1v) is 9.28. The molecule has 1 aromatic carbocycles. The summed E-state index contributed by atoms with van der Waals surface area (Å²) in [6, 6.07) is 10.4. The lowest BCUT2D eigenvalue weighted by molar-refractivity contribution is 0.0616. The first-order chi connectivity index (χ1) is 13.0. The van der Waals surface area contributed by atoms with Crippen LogP contribution in [0.3, 0.4) is 0 Å². The van der Waals surface area contributed by atoms with Crippen molar-refractivity contribution in [2.45, 2.75) is 27.3 Å². The van der Waals surface area contributed by atoms with Gasteiger partial charge in [-0.05, 0) is 38.0 Å². The Morgan fingerprint density at radius 1 is 1.04 bits per heavy atom.